The Balaban J connectivity index is 0.00000288. The van der Waals surface area contributed by atoms with Crippen LogP contribution in [-0.4, -0.2) is 33.7 Å². The molecule has 10 heteroatoms. The Morgan fingerprint density at radius 1 is 1.50 bits per heavy atom. The molecule has 0 bridgehead atoms. The van der Waals surface area contributed by atoms with E-state index in [4.69, 9.17) is 5.11 Å². The number of non-ortho nitro benzene ring substituents is 1. The fourth-order valence-corrected chi connectivity index (χ4v) is 2.05. The molecule has 1 amide bonds. The van der Waals surface area contributed by atoms with E-state index in [1.165, 1.54) is 23.2 Å². The van der Waals surface area contributed by atoms with Gasteiger partial charge in [-0.1, -0.05) is 6.07 Å². The summed E-state index contributed by atoms with van der Waals surface area (Å²) in [5.41, 5.74) is 3.00. The molecule has 0 saturated heterocycles. The molecule has 0 aliphatic carbocycles. The topological polar surface area (TPSA) is 105 Å². The summed E-state index contributed by atoms with van der Waals surface area (Å²) in [6.45, 7) is 0.0348. The summed E-state index contributed by atoms with van der Waals surface area (Å²) in [6, 6.07) is 5.75. The Kier molecular flexibility index (Phi) is 7.31. The van der Waals surface area contributed by atoms with Crippen molar-refractivity contribution >= 4 is 17.3 Å². The maximum absolute atomic E-state index is 12.5. The Hall–Kier alpha value is -2.49. The number of aryl methyl sites for hydroxylation is 1. The highest BCUT2D eigenvalue weighted by molar-refractivity contribution is 5.91. The van der Waals surface area contributed by atoms with E-state index in [0.717, 1.165) is 0 Å². The van der Waals surface area contributed by atoms with Crippen molar-refractivity contribution in [3.8, 4) is 0 Å². The first-order valence-corrected chi connectivity index (χ1v) is 6.94. The zero-order chi connectivity index (χ0) is 16.8. The maximum atomic E-state index is 12.5. The van der Waals surface area contributed by atoms with Gasteiger partial charge in [0.25, 0.3) is 11.6 Å². The van der Waals surface area contributed by atoms with Crippen LogP contribution in [-0.2, 0) is 18.4 Å². The van der Waals surface area contributed by atoms with Crippen LogP contribution in [0.5, 0.6) is 0 Å². The fraction of sp³-hybridized carbons (Fsp3) is 0.286. The molecule has 0 spiro atoms. The zero-order valence-electron chi connectivity index (χ0n) is 13.0. The van der Waals surface area contributed by atoms with Crippen molar-refractivity contribution in [2.45, 2.75) is 6.54 Å². The van der Waals surface area contributed by atoms with Crippen molar-refractivity contribution < 1.29 is 31.8 Å². The van der Waals surface area contributed by atoms with Gasteiger partial charge in [-0.05, 0) is 6.07 Å². The minimum Gasteiger partial charge on any atom is -1.00 e. The van der Waals surface area contributed by atoms with Gasteiger partial charge in [0.05, 0.1) is 24.3 Å². The molecule has 24 heavy (non-hydrogen) atoms. The lowest BCUT2D eigenvalue weighted by Crippen LogP contribution is -3.00. The van der Waals surface area contributed by atoms with Gasteiger partial charge < -0.3 is 17.5 Å². The molecule has 130 valence electrons. The van der Waals surface area contributed by atoms with Gasteiger partial charge in [-0.15, -0.1) is 0 Å². The predicted molar refractivity (Wildman–Crippen MR) is 81.3 cm³/mol. The number of anilines is 1. The van der Waals surface area contributed by atoms with Crippen LogP contribution in [0, 0.1) is 10.1 Å². The molecule has 1 aromatic heterocycles. The van der Waals surface area contributed by atoms with E-state index >= 15 is 0 Å². The smallest absolute Gasteiger partial charge is 0.283 e. The molecule has 2 aromatic rings. The summed E-state index contributed by atoms with van der Waals surface area (Å²) in [4.78, 5) is 22.9. The third kappa shape index (κ3) is 5.01. The van der Waals surface area contributed by atoms with E-state index < -0.39 is 4.92 Å². The summed E-state index contributed by atoms with van der Waals surface area (Å²) in [7, 11) is 1.84. The number of aromatic nitrogens is 2. The number of nitrogens with zero attached hydrogens (tertiary/aromatic N) is 4. The lowest BCUT2D eigenvalue weighted by atomic mass is 10.2. The van der Waals surface area contributed by atoms with Gasteiger partial charge in [0.15, 0.2) is 6.54 Å². The molecule has 9 nitrogen and oxygen atoms in total. The van der Waals surface area contributed by atoms with Crippen molar-refractivity contribution in [1.29, 1.82) is 0 Å². The molecule has 0 saturated carbocycles. The van der Waals surface area contributed by atoms with Gasteiger partial charge in [-0.2, -0.15) is 0 Å². The maximum Gasteiger partial charge on any atom is 0.283 e. The monoisotopic (exact) mass is 355 g/mol. The van der Waals surface area contributed by atoms with Crippen LogP contribution < -0.4 is 27.4 Å². The van der Waals surface area contributed by atoms with Crippen LogP contribution in [0.3, 0.4) is 0 Å². The highest BCUT2D eigenvalue weighted by Crippen LogP contribution is 2.20. The van der Waals surface area contributed by atoms with E-state index in [0.29, 0.717) is 5.69 Å². The second-order valence-electron chi connectivity index (χ2n) is 4.89. The number of benzene rings is 1. The third-order valence-corrected chi connectivity index (χ3v) is 3.07. The molecular formula is C14H18ClN5O4. The van der Waals surface area contributed by atoms with E-state index in [2.05, 4.69) is 5.43 Å². The summed E-state index contributed by atoms with van der Waals surface area (Å²) in [5.74, 6) is -0.310. The van der Waals surface area contributed by atoms with Crippen LogP contribution >= 0.6 is 0 Å². The second-order valence-corrected chi connectivity index (χ2v) is 4.89. The number of nitrogens with one attached hydrogen (secondary N) is 1. The molecular weight excluding hydrogens is 338 g/mol. The SMILES string of the molecule is Cn1cc[n+](CC(=O)N(NCCO)c2cccc([N+](=O)[O-])c2)c1.[Cl-]. The number of aliphatic hydroxyl groups is 1. The molecule has 2 N–H and O–H groups in total. The molecule has 0 atom stereocenters. The molecule has 0 fully saturated rings. The molecule has 0 radical (unpaired) electrons. The summed E-state index contributed by atoms with van der Waals surface area (Å²) in [6.07, 6.45) is 5.29. The largest absolute Gasteiger partial charge is 1.00 e. The molecule has 0 aliphatic heterocycles. The molecule has 0 unspecified atom stereocenters. The lowest BCUT2D eigenvalue weighted by Gasteiger charge is -2.22. The van der Waals surface area contributed by atoms with Gasteiger partial charge in [0.1, 0.15) is 12.4 Å². The molecule has 2 rings (SSSR count). The van der Waals surface area contributed by atoms with Crippen molar-refractivity contribution in [3.05, 3.63) is 53.1 Å². The highest BCUT2D eigenvalue weighted by Gasteiger charge is 2.20. The minimum atomic E-state index is -0.524. The molecule has 1 heterocycles. The number of carbonyl (C=O) groups is 1. The Bertz CT molecular complexity index is 706. The average Bonchev–Trinajstić information content (AvgIpc) is 2.93. The third-order valence-electron chi connectivity index (χ3n) is 3.07. The van der Waals surface area contributed by atoms with Gasteiger partial charge in [-0.25, -0.2) is 19.6 Å². The van der Waals surface area contributed by atoms with Crippen molar-refractivity contribution in [2.24, 2.45) is 7.05 Å². The number of nitro groups is 1. The van der Waals surface area contributed by atoms with Crippen molar-refractivity contribution in [2.75, 3.05) is 18.2 Å². The first-order valence-electron chi connectivity index (χ1n) is 6.94. The number of hydrogen-bond acceptors (Lipinski definition) is 5. The predicted octanol–water partition coefficient (Wildman–Crippen LogP) is -3.25. The van der Waals surface area contributed by atoms with Crippen LogP contribution in [0.15, 0.2) is 43.0 Å². The summed E-state index contributed by atoms with van der Waals surface area (Å²) >= 11 is 0. The van der Waals surface area contributed by atoms with Crippen LogP contribution in [0.25, 0.3) is 0 Å². The van der Waals surface area contributed by atoms with Crippen molar-refractivity contribution in [1.82, 2.24) is 9.99 Å². The number of hydrogen-bond donors (Lipinski definition) is 2. The first kappa shape index (κ1) is 19.6. The Morgan fingerprint density at radius 2 is 2.25 bits per heavy atom. The minimum absolute atomic E-state index is 0. The van der Waals surface area contributed by atoms with Gasteiger partial charge in [-0.3, -0.25) is 14.9 Å². The van der Waals surface area contributed by atoms with E-state index in [9.17, 15) is 14.9 Å². The van der Waals surface area contributed by atoms with Gasteiger partial charge in [0.2, 0.25) is 6.33 Å². The average molecular weight is 356 g/mol. The number of nitro benzene ring substituents is 1. The normalized spacial score (nSPS) is 10.1. The fourth-order valence-electron chi connectivity index (χ4n) is 2.05. The highest BCUT2D eigenvalue weighted by atomic mass is 35.5. The van der Waals surface area contributed by atoms with Crippen LogP contribution in [0.1, 0.15) is 0 Å². The molecule has 0 aliphatic rings. The second kappa shape index (κ2) is 8.96. The van der Waals surface area contributed by atoms with Crippen LogP contribution in [0.2, 0.25) is 0 Å². The number of halogens is 1. The molecule has 1 aromatic carbocycles. The standard InChI is InChI=1S/C14H18N5O4.ClH/c1-16-6-7-17(11-16)10-14(21)18(15-5-8-20)12-3-2-4-13(9-12)19(22)23;/h2-4,6-7,9,11,15,20H,5,8,10H2,1H3;1H/q+1;/p-1. The number of rotatable bonds is 7. The van der Waals surface area contributed by atoms with Crippen molar-refractivity contribution in [3.63, 3.8) is 0 Å². The first-order chi connectivity index (χ1) is 11.0. The number of imidazole rings is 1. The summed E-state index contributed by atoms with van der Waals surface area (Å²) in [5, 5.41) is 21.1. The number of amides is 1. The number of aliphatic hydroxyl groups excluding tert-OH is 1. The Morgan fingerprint density at radius 3 is 2.83 bits per heavy atom. The zero-order valence-corrected chi connectivity index (χ0v) is 13.8. The van der Waals surface area contributed by atoms with Gasteiger partial charge >= 0.3 is 0 Å². The van der Waals surface area contributed by atoms with E-state index in [1.807, 2.05) is 7.05 Å². The quantitative estimate of drug-likeness (QED) is 0.308. The van der Waals surface area contributed by atoms with Gasteiger partial charge in [0, 0.05) is 18.7 Å². The Labute approximate surface area is 144 Å². The van der Waals surface area contributed by atoms with E-state index in [-0.39, 0.29) is 43.7 Å². The lowest BCUT2D eigenvalue weighted by molar-refractivity contribution is -0.683. The van der Waals surface area contributed by atoms with E-state index in [1.54, 1.807) is 33.9 Å². The number of carbonyl (C=O) groups excluding carboxylic acids is 1. The summed E-state index contributed by atoms with van der Waals surface area (Å²) < 4.78 is 3.49. The number of hydrazine groups is 1. The van der Waals surface area contributed by atoms with Crippen LogP contribution in [0.4, 0.5) is 11.4 Å².